The van der Waals surface area contributed by atoms with Crippen molar-refractivity contribution in [2.24, 2.45) is 11.7 Å². The van der Waals surface area contributed by atoms with Crippen LogP contribution < -0.4 is 5.73 Å². The number of carbonyl (C=O) groups is 2. The van der Waals surface area contributed by atoms with Gasteiger partial charge in [0.2, 0.25) is 5.91 Å². The van der Waals surface area contributed by atoms with Crippen molar-refractivity contribution in [2.75, 3.05) is 26.2 Å². The highest BCUT2D eigenvalue weighted by atomic mass is 35.5. The van der Waals surface area contributed by atoms with Crippen molar-refractivity contribution in [3.63, 3.8) is 0 Å². The van der Waals surface area contributed by atoms with Crippen molar-refractivity contribution < 1.29 is 22.8 Å². The zero-order chi connectivity index (χ0) is 29.5. The Labute approximate surface area is 247 Å². The van der Waals surface area contributed by atoms with E-state index in [1.165, 1.54) is 0 Å². The fraction of sp³-hybridized carbons (Fsp3) is 0.355. The molecular formula is C31H30Cl2F3N3O2. The van der Waals surface area contributed by atoms with Gasteiger partial charge in [-0.3, -0.25) is 14.5 Å². The fourth-order valence-electron chi connectivity index (χ4n) is 6.51. The van der Waals surface area contributed by atoms with Gasteiger partial charge in [0, 0.05) is 37.2 Å². The Hall–Kier alpha value is -3.07. The van der Waals surface area contributed by atoms with E-state index in [0.717, 1.165) is 23.3 Å². The summed E-state index contributed by atoms with van der Waals surface area (Å²) in [7, 11) is 0. The molecule has 216 valence electrons. The molecule has 4 atom stereocenters. The molecule has 2 aliphatic rings. The van der Waals surface area contributed by atoms with Crippen LogP contribution in [-0.4, -0.2) is 53.8 Å². The van der Waals surface area contributed by atoms with Crippen LogP contribution >= 0.6 is 23.2 Å². The van der Waals surface area contributed by atoms with Crippen molar-refractivity contribution in [1.29, 1.82) is 0 Å². The molecule has 2 fully saturated rings. The number of rotatable bonds is 6. The molecule has 3 aromatic carbocycles. The highest BCUT2D eigenvalue weighted by molar-refractivity contribution is 6.42. The van der Waals surface area contributed by atoms with Gasteiger partial charge in [-0.1, -0.05) is 59.6 Å². The van der Waals surface area contributed by atoms with E-state index in [1.54, 1.807) is 17.0 Å². The van der Waals surface area contributed by atoms with E-state index in [9.17, 15) is 22.8 Å². The third kappa shape index (κ3) is 5.45. The molecule has 4 unspecified atom stereocenters. The minimum atomic E-state index is -1.60. The Bertz CT molecular complexity index is 1450. The lowest BCUT2D eigenvalue weighted by Gasteiger charge is -2.49. The number of primary amides is 1. The lowest BCUT2D eigenvalue weighted by atomic mass is 9.62. The molecule has 2 amide bonds. The summed E-state index contributed by atoms with van der Waals surface area (Å²) in [6, 6.07) is 16.4. The largest absolute Gasteiger partial charge is 0.369 e. The van der Waals surface area contributed by atoms with Gasteiger partial charge in [0.05, 0.1) is 15.5 Å². The quantitative estimate of drug-likeness (QED) is 0.342. The standard InChI is InChI=1S/C31H30Cl2F3N3O2/c1-18(20-9-11-39(16-20)29(40)21-14-26(34)28(36)27(35)15-21)38-12-10-31(30(37)41,22-5-3-2-4-6-22)23(17-38)19-7-8-24(32)25(33)13-19/h2-8,13-15,18,20,23H,9-12,16-17H2,1H3,(H2,37,41). The number of amides is 2. The number of hydrogen-bond acceptors (Lipinski definition) is 3. The van der Waals surface area contributed by atoms with Crippen LogP contribution in [0, 0.1) is 23.4 Å². The Morgan fingerprint density at radius 2 is 1.63 bits per heavy atom. The van der Waals surface area contributed by atoms with Crippen molar-refractivity contribution in [3.05, 3.63) is 105 Å². The average molecular weight is 605 g/mol. The smallest absolute Gasteiger partial charge is 0.254 e. The minimum absolute atomic E-state index is 0.0152. The number of carbonyl (C=O) groups excluding carboxylic acids is 2. The summed E-state index contributed by atoms with van der Waals surface area (Å²) in [6.45, 7) is 3.98. The van der Waals surface area contributed by atoms with Crippen LogP contribution in [0.5, 0.6) is 0 Å². The minimum Gasteiger partial charge on any atom is -0.369 e. The second-order valence-corrected chi connectivity index (χ2v) is 11.8. The molecule has 41 heavy (non-hydrogen) atoms. The SMILES string of the molecule is CC(C1CCN(C(=O)c2cc(F)c(F)c(F)c2)C1)N1CCC(C(N)=O)(c2ccccc2)C(c2ccc(Cl)c(Cl)c2)C1. The van der Waals surface area contributed by atoms with Crippen molar-refractivity contribution in [1.82, 2.24) is 9.80 Å². The third-order valence-electron chi connectivity index (χ3n) is 8.88. The number of nitrogens with zero attached hydrogens (tertiary/aromatic N) is 2. The highest BCUT2D eigenvalue weighted by Gasteiger charge is 2.51. The Morgan fingerprint density at radius 1 is 0.951 bits per heavy atom. The van der Waals surface area contributed by atoms with E-state index in [0.29, 0.717) is 49.1 Å². The van der Waals surface area contributed by atoms with Crippen LogP contribution in [-0.2, 0) is 10.2 Å². The number of likely N-dealkylation sites (tertiary alicyclic amines) is 2. The molecule has 10 heteroatoms. The van der Waals surface area contributed by atoms with Gasteiger partial charge < -0.3 is 10.6 Å². The zero-order valence-electron chi connectivity index (χ0n) is 22.4. The third-order valence-corrected chi connectivity index (χ3v) is 9.62. The molecule has 0 spiro atoms. The van der Waals surface area contributed by atoms with Crippen LogP contribution in [0.2, 0.25) is 10.0 Å². The number of nitrogens with two attached hydrogens (primary N) is 1. The Balaban J connectivity index is 1.40. The van der Waals surface area contributed by atoms with E-state index >= 15 is 0 Å². The summed E-state index contributed by atoms with van der Waals surface area (Å²) in [5.74, 6) is -5.59. The number of benzene rings is 3. The Kier molecular flexibility index (Phi) is 8.37. The summed E-state index contributed by atoms with van der Waals surface area (Å²) in [5, 5.41) is 0.803. The molecule has 2 saturated heterocycles. The van der Waals surface area contributed by atoms with Gasteiger partial charge in [0.15, 0.2) is 17.5 Å². The lowest BCUT2D eigenvalue weighted by molar-refractivity contribution is -0.126. The van der Waals surface area contributed by atoms with E-state index in [-0.39, 0.29) is 23.4 Å². The summed E-state index contributed by atoms with van der Waals surface area (Å²) in [5.41, 5.74) is 6.67. The van der Waals surface area contributed by atoms with Gasteiger partial charge in [-0.15, -0.1) is 0 Å². The maximum absolute atomic E-state index is 13.8. The predicted octanol–water partition coefficient (Wildman–Crippen LogP) is 6.17. The fourth-order valence-corrected chi connectivity index (χ4v) is 6.81. The molecule has 5 nitrogen and oxygen atoms in total. The second-order valence-electron chi connectivity index (χ2n) is 11.0. The Morgan fingerprint density at radius 3 is 2.27 bits per heavy atom. The van der Waals surface area contributed by atoms with E-state index in [1.807, 2.05) is 36.4 Å². The summed E-state index contributed by atoms with van der Waals surface area (Å²) < 4.78 is 40.9. The van der Waals surface area contributed by atoms with Gasteiger partial charge in [-0.05, 0) is 67.6 Å². The maximum atomic E-state index is 13.8. The molecule has 0 saturated carbocycles. The molecule has 2 N–H and O–H groups in total. The molecular weight excluding hydrogens is 574 g/mol. The molecule has 2 heterocycles. The second kappa shape index (κ2) is 11.7. The molecule has 0 radical (unpaired) electrons. The first kappa shape index (κ1) is 29.4. The van der Waals surface area contributed by atoms with Crippen LogP contribution in [0.4, 0.5) is 13.2 Å². The molecule has 5 rings (SSSR count). The first-order chi connectivity index (χ1) is 19.5. The van der Waals surface area contributed by atoms with Gasteiger partial charge >= 0.3 is 0 Å². The first-order valence-corrected chi connectivity index (χ1v) is 14.3. The number of piperidine rings is 1. The van der Waals surface area contributed by atoms with Gasteiger partial charge in [0.25, 0.3) is 5.91 Å². The summed E-state index contributed by atoms with van der Waals surface area (Å²) >= 11 is 12.6. The molecule has 2 aliphatic heterocycles. The van der Waals surface area contributed by atoms with E-state index < -0.39 is 34.7 Å². The normalized spacial score (nSPS) is 23.9. The van der Waals surface area contributed by atoms with Crippen LogP contribution in [0.1, 0.15) is 47.2 Å². The van der Waals surface area contributed by atoms with Crippen LogP contribution in [0.15, 0.2) is 60.7 Å². The van der Waals surface area contributed by atoms with Gasteiger partial charge in [-0.25, -0.2) is 13.2 Å². The number of halogens is 5. The van der Waals surface area contributed by atoms with Crippen molar-refractivity contribution >= 4 is 35.0 Å². The van der Waals surface area contributed by atoms with E-state index in [2.05, 4.69) is 11.8 Å². The highest BCUT2D eigenvalue weighted by Crippen LogP contribution is 2.47. The van der Waals surface area contributed by atoms with Crippen LogP contribution in [0.3, 0.4) is 0 Å². The summed E-state index contributed by atoms with van der Waals surface area (Å²) in [6.07, 6.45) is 1.16. The maximum Gasteiger partial charge on any atom is 0.254 e. The van der Waals surface area contributed by atoms with Crippen molar-refractivity contribution in [3.8, 4) is 0 Å². The molecule has 0 bridgehead atoms. The average Bonchev–Trinajstić information content (AvgIpc) is 3.46. The lowest BCUT2D eigenvalue weighted by Crippen LogP contribution is -2.57. The van der Waals surface area contributed by atoms with Crippen molar-refractivity contribution in [2.45, 2.75) is 37.1 Å². The summed E-state index contributed by atoms with van der Waals surface area (Å²) in [4.78, 5) is 30.1. The monoisotopic (exact) mass is 603 g/mol. The van der Waals surface area contributed by atoms with Crippen LogP contribution in [0.25, 0.3) is 0 Å². The predicted molar refractivity (Wildman–Crippen MR) is 152 cm³/mol. The number of hydrogen-bond donors (Lipinski definition) is 1. The van der Waals surface area contributed by atoms with E-state index in [4.69, 9.17) is 28.9 Å². The molecule has 0 aliphatic carbocycles. The van der Waals surface area contributed by atoms with Gasteiger partial charge in [0.1, 0.15) is 0 Å². The van der Waals surface area contributed by atoms with Gasteiger partial charge in [-0.2, -0.15) is 0 Å². The molecule has 0 aromatic heterocycles. The first-order valence-electron chi connectivity index (χ1n) is 13.5. The molecule has 3 aromatic rings. The topological polar surface area (TPSA) is 66.6 Å². The zero-order valence-corrected chi connectivity index (χ0v) is 23.9.